The highest BCUT2D eigenvalue weighted by molar-refractivity contribution is 5.89. The van der Waals surface area contributed by atoms with Crippen molar-refractivity contribution in [3.63, 3.8) is 0 Å². The maximum Gasteiger partial charge on any atom is 0.335 e. The first kappa shape index (κ1) is 24.3. The highest BCUT2D eigenvalue weighted by Crippen LogP contribution is 2.45. The number of rotatable bonds is 6. The predicted octanol–water partition coefficient (Wildman–Crippen LogP) is 8.51. The summed E-state index contributed by atoms with van der Waals surface area (Å²) >= 11 is 0. The molecule has 0 atom stereocenters. The molecule has 0 heterocycles. The number of carboxylic acid groups (broad SMARTS) is 2. The third kappa shape index (κ3) is 5.09. The van der Waals surface area contributed by atoms with Crippen LogP contribution in [0.2, 0.25) is 0 Å². The van der Waals surface area contributed by atoms with Crippen molar-refractivity contribution in [2.75, 3.05) is 0 Å². The Kier molecular flexibility index (Phi) is 7.22. The summed E-state index contributed by atoms with van der Waals surface area (Å²) < 4.78 is 0. The summed E-state index contributed by atoms with van der Waals surface area (Å²) in [5.41, 5.74) is 7.90. The van der Waals surface area contributed by atoms with Crippen LogP contribution in [0.25, 0.3) is 22.3 Å². The van der Waals surface area contributed by atoms with E-state index in [9.17, 15) is 19.8 Å². The molecule has 2 saturated carbocycles. The summed E-state index contributed by atoms with van der Waals surface area (Å²) in [7, 11) is 0. The first-order valence-electron chi connectivity index (χ1n) is 13.4. The van der Waals surface area contributed by atoms with Gasteiger partial charge in [0.2, 0.25) is 0 Å². The zero-order chi connectivity index (χ0) is 25.1. The second kappa shape index (κ2) is 10.7. The van der Waals surface area contributed by atoms with Gasteiger partial charge >= 0.3 is 11.9 Å². The number of benzene rings is 3. The molecule has 0 bridgehead atoms. The van der Waals surface area contributed by atoms with Crippen molar-refractivity contribution in [3.8, 4) is 22.3 Å². The number of carboxylic acids is 2. The quantitative estimate of drug-likeness (QED) is 0.369. The van der Waals surface area contributed by atoms with Crippen molar-refractivity contribution in [3.05, 3.63) is 82.9 Å². The maximum atomic E-state index is 11.5. The van der Waals surface area contributed by atoms with Gasteiger partial charge in [0.25, 0.3) is 0 Å². The van der Waals surface area contributed by atoms with Crippen LogP contribution >= 0.6 is 0 Å². The van der Waals surface area contributed by atoms with Crippen LogP contribution in [0.1, 0.15) is 108 Å². The van der Waals surface area contributed by atoms with Crippen LogP contribution in [0.5, 0.6) is 0 Å². The summed E-state index contributed by atoms with van der Waals surface area (Å²) in [6.45, 7) is 0. The third-order valence-electron chi connectivity index (χ3n) is 8.20. The summed E-state index contributed by atoms with van der Waals surface area (Å²) in [5.74, 6) is -0.857. The minimum Gasteiger partial charge on any atom is -0.478 e. The zero-order valence-corrected chi connectivity index (χ0v) is 20.7. The smallest absolute Gasteiger partial charge is 0.335 e. The van der Waals surface area contributed by atoms with Gasteiger partial charge in [-0.1, -0.05) is 62.8 Å². The van der Waals surface area contributed by atoms with E-state index in [4.69, 9.17) is 0 Å². The van der Waals surface area contributed by atoms with Gasteiger partial charge in [-0.3, -0.25) is 0 Å². The Bertz CT molecular complexity index is 1130. The van der Waals surface area contributed by atoms with Gasteiger partial charge in [0, 0.05) is 0 Å². The van der Waals surface area contributed by atoms with Crippen molar-refractivity contribution >= 4 is 11.9 Å². The van der Waals surface area contributed by atoms with Crippen molar-refractivity contribution in [2.24, 2.45) is 0 Å². The topological polar surface area (TPSA) is 74.6 Å². The fourth-order valence-corrected chi connectivity index (χ4v) is 6.22. The maximum absolute atomic E-state index is 11.5. The van der Waals surface area contributed by atoms with Gasteiger partial charge in [-0.15, -0.1) is 0 Å². The van der Waals surface area contributed by atoms with Gasteiger partial charge < -0.3 is 10.2 Å². The lowest BCUT2D eigenvalue weighted by atomic mass is 9.75. The first-order chi connectivity index (χ1) is 17.5. The van der Waals surface area contributed by atoms with E-state index in [1.165, 1.54) is 86.5 Å². The minimum atomic E-state index is -0.905. The van der Waals surface area contributed by atoms with Crippen LogP contribution in [-0.2, 0) is 0 Å². The van der Waals surface area contributed by atoms with Gasteiger partial charge in [-0.05, 0) is 107 Å². The molecular weight excluding hydrogens is 448 g/mol. The molecule has 2 N–H and O–H groups in total. The molecule has 2 aliphatic rings. The Balaban J connectivity index is 1.68. The van der Waals surface area contributed by atoms with Gasteiger partial charge in [-0.25, -0.2) is 9.59 Å². The standard InChI is InChI=1S/C32H34O4/c33-31(34)25-15-11-23(12-16-25)29-20-28(22-9-5-2-6-10-22)30(19-27(29)21-7-3-1-4-8-21)24-13-17-26(18-14-24)32(35)36/h11-22H,1-10H2,(H,33,34)(H,35,36). The lowest BCUT2D eigenvalue weighted by molar-refractivity contribution is 0.0686. The second-order valence-corrected chi connectivity index (χ2v) is 10.5. The van der Waals surface area contributed by atoms with Crippen LogP contribution in [-0.4, -0.2) is 22.2 Å². The fourth-order valence-electron chi connectivity index (χ4n) is 6.22. The Morgan fingerprint density at radius 1 is 0.528 bits per heavy atom. The lowest BCUT2D eigenvalue weighted by Gasteiger charge is -2.30. The first-order valence-corrected chi connectivity index (χ1v) is 13.4. The molecule has 0 saturated heterocycles. The van der Waals surface area contributed by atoms with Crippen molar-refractivity contribution in [2.45, 2.75) is 76.0 Å². The molecule has 3 aromatic rings. The second-order valence-electron chi connectivity index (χ2n) is 10.5. The van der Waals surface area contributed by atoms with E-state index in [-0.39, 0.29) is 0 Å². The van der Waals surface area contributed by atoms with Crippen molar-refractivity contribution in [1.29, 1.82) is 0 Å². The summed E-state index contributed by atoms with van der Waals surface area (Å²) in [6.07, 6.45) is 12.2. The van der Waals surface area contributed by atoms with Crippen molar-refractivity contribution in [1.82, 2.24) is 0 Å². The average molecular weight is 483 g/mol. The molecule has 2 aliphatic carbocycles. The Labute approximate surface area is 213 Å². The number of carbonyl (C=O) groups is 2. The van der Waals surface area contributed by atoms with E-state index in [2.05, 4.69) is 12.1 Å². The molecule has 4 heteroatoms. The highest BCUT2D eigenvalue weighted by atomic mass is 16.4. The molecule has 0 radical (unpaired) electrons. The molecule has 186 valence electrons. The normalized spacial score (nSPS) is 17.1. The largest absolute Gasteiger partial charge is 0.478 e. The van der Waals surface area contributed by atoms with Crippen LogP contribution < -0.4 is 0 Å². The highest BCUT2D eigenvalue weighted by Gasteiger charge is 2.25. The summed E-state index contributed by atoms with van der Waals surface area (Å²) in [4.78, 5) is 22.9. The van der Waals surface area contributed by atoms with Crippen LogP contribution in [0.4, 0.5) is 0 Å². The van der Waals surface area contributed by atoms with E-state index < -0.39 is 11.9 Å². The van der Waals surface area contributed by atoms with Crippen LogP contribution in [0, 0.1) is 0 Å². The molecule has 0 spiro atoms. The monoisotopic (exact) mass is 482 g/mol. The van der Waals surface area contributed by atoms with Crippen molar-refractivity contribution < 1.29 is 19.8 Å². The number of hydrogen-bond donors (Lipinski definition) is 2. The molecule has 36 heavy (non-hydrogen) atoms. The van der Waals surface area contributed by atoms with Gasteiger partial charge in [0.1, 0.15) is 0 Å². The molecule has 3 aromatic carbocycles. The van der Waals surface area contributed by atoms with E-state index >= 15 is 0 Å². The average Bonchev–Trinajstić information content (AvgIpc) is 2.93. The predicted molar refractivity (Wildman–Crippen MR) is 143 cm³/mol. The molecule has 0 unspecified atom stereocenters. The third-order valence-corrected chi connectivity index (χ3v) is 8.20. The van der Waals surface area contributed by atoms with Gasteiger partial charge in [0.05, 0.1) is 11.1 Å². The molecule has 4 nitrogen and oxygen atoms in total. The van der Waals surface area contributed by atoms with E-state index in [1.54, 1.807) is 24.3 Å². The van der Waals surface area contributed by atoms with Gasteiger partial charge in [-0.2, -0.15) is 0 Å². The summed E-state index contributed by atoms with van der Waals surface area (Å²) in [5, 5.41) is 18.8. The zero-order valence-electron chi connectivity index (χ0n) is 20.7. The molecule has 0 aliphatic heterocycles. The molecule has 0 amide bonds. The summed E-state index contributed by atoms with van der Waals surface area (Å²) in [6, 6.07) is 19.4. The van der Waals surface area contributed by atoms with Gasteiger partial charge in [0.15, 0.2) is 0 Å². The molecule has 5 rings (SSSR count). The molecule has 0 aromatic heterocycles. The fraction of sp³-hybridized carbons (Fsp3) is 0.375. The number of aromatic carboxylic acids is 2. The molecule has 2 fully saturated rings. The Hall–Kier alpha value is -3.40. The SMILES string of the molecule is O=C(O)c1ccc(-c2cc(C3CCCCC3)c(-c3ccc(C(=O)O)cc3)cc2C2CCCCC2)cc1. The molecular formula is C32H34O4. The Morgan fingerprint density at radius 2 is 0.861 bits per heavy atom. The van der Waals surface area contributed by atoms with E-state index in [0.29, 0.717) is 23.0 Å². The van der Waals surface area contributed by atoms with E-state index in [1.807, 2.05) is 24.3 Å². The lowest BCUT2D eigenvalue weighted by Crippen LogP contribution is -2.11. The number of hydrogen-bond acceptors (Lipinski definition) is 2. The van der Waals surface area contributed by atoms with Crippen LogP contribution in [0.3, 0.4) is 0 Å². The Morgan fingerprint density at radius 3 is 1.17 bits per heavy atom. The van der Waals surface area contributed by atoms with E-state index in [0.717, 1.165) is 11.1 Å². The minimum absolute atomic E-state index is 0.306. The van der Waals surface area contributed by atoms with Crippen LogP contribution in [0.15, 0.2) is 60.7 Å².